The quantitative estimate of drug-likeness (QED) is 0.811. The molecule has 1 fully saturated rings. The molecule has 1 saturated carbocycles. The smallest absolute Gasteiger partial charge is 0.348 e. The Morgan fingerprint density at radius 3 is 2.45 bits per heavy atom. The van der Waals surface area contributed by atoms with Crippen LogP contribution in [0.1, 0.15) is 51.9 Å². The van der Waals surface area contributed by atoms with Crippen LogP contribution in [0.5, 0.6) is 0 Å². The van der Waals surface area contributed by atoms with Crippen LogP contribution in [0.4, 0.5) is 13.2 Å². The first kappa shape index (κ1) is 20.0. The number of benzene rings is 2. The van der Waals surface area contributed by atoms with Gasteiger partial charge >= 0.3 is 6.18 Å². The maximum absolute atomic E-state index is 13.1. The van der Waals surface area contributed by atoms with Crippen LogP contribution in [0.15, 0.2) is 42.5 Å². The number of carbonyl (C=O) groups is 1. The first-order chi connectivity index (χ1) is 13.9. The molecule has 29 heavy (non-hydrogen) atoms. The number of alkyl halides is 3. The lowest BCUT2D eigenvalue weighted by atomic mass is 9.91. The lowest BCUT2D eigenvalue weighted by Gasteiger charge is -2.36. The van der Waals surface area contributed by atoms with Crippen LogP contribution in [0.25, 0.3) is 0 Å². The van der Waals surface area contributed by atoms with Gasteiger partial charge in [-0.05, 0) is 60.6 Å². The van der Waals surface area contributed by atoms with E-state index in [-0.39, 0.29) is 18.0 Å². The van der Waals surface area contributed by atoms with E-state index in [9.17, 15) is 18.0 Å². The number of nitrogens with zero attached hydrogens (tertiary/aromatic N) is 1. The Hall–Kier alpha value is -2.34. The summed E-state index contributed by atoms with van der Waals surface area (Å²) in [4.78, 5) is 15.1. The van der Waals surface area contributed by atoms with Crippen LogP contribution in [0.3, 0.4) is 0 Å². The number of amides is 1. The van der Waals surface area contributed by atoms with Gasteiger partial charge in [-0.25, -0.2) is 0 Å². The third-order valence-corrected chi connectivity index (χ3v) is 6.16. The molecule has 1 amide bonds. The SMILES string of the molecule is O=C(NCc1ccccc1C(F)(F)F)c1ccc2c(c1)CCN(C1CCC1)CC2. The molecule has 3 nitrogen and oxygen atoms in total. The van der Waals surface area contributed by atoms with Crippen molar-refractivity contribution >= 4 is 5.91 Å². The van der Waals surface area contributed by atoms with Crippen LogP contribution in [-0.2, 0) is 25.6 Å². The predicted octanol–water partition coefficient (Wildman–Crippen LogP) is 4.59. The Bertz CT molecular complexity index is 890. The summed E-state index contributed by atoms with van der Waals surface area (Å²) in [7, 11) is 0. The molecule has 154 valence electrons. The van der Waals surface area contributed by atoms with E-state index in [0.717, 1.165) is 32.0 Å². The van der Waals surface area contributed by atoms with Crippen LogP contribution < -0.4 is 5.32 Å². The zero-order valence-corrected chi connectivity index (χ0v) is 16.3. The number of fused-ring (bicyclic) bond motifs is 1. The van der Waals surface area contributed by atoms with E-state index >= 15 is 0 Å². The highest BCUT2D eigenvalue weighted by Gasteiger charge is 2.33. The lowest BCUT2D eigenvalue weighted by molar-refractivity contribution is -0.138. The van der Waals surface area contributed by atoms with Gasteiger partial charge in [0.2, 0.25) is 0 Å². The molecular weight excluding hydrogens is 377 g/mol. The fourth-order valence-electron chi connectivity index (χ4n) is 4.23. The molecule has 1 heterocycles. The Balaban J connectivity index is 1.42. The van der Waals surface area contributed by atoms with Gasteiger partial charge < -0.3 is 5.32 Å². The summed E-state index contributed by atoms with van der Waals surface area (Å²) in [6.45, 7) is 1.90. The molecule has 1 aliphatic carbocycles. The predicted molar refractivity (Wildman–Crippen MR) is 106 cm³/mol. The van der Waals surface area contributed by atoms with Gasteiger partial charge in [0.25, 0.3) is 5.91 Å². The third kappa shape index (κ3) is 4.47. The van der Waals surface area contributed by atoms with Crippen LogP contribution in [0, 0.1) is 0 Å². The molecule has 0 bridgehead atoms. The van der Waals surface area contributed by atoms with Crippen molar-refractivity contribution in [2.45, 2.75) is 50.9 Å². The van der Waals surface area contributed by atoms with E-state index < -0.39 is 11.7 Å². The standard InChI is InChI=1S/C23H25F3N2O/c24-23(25,26)21-7-2-1-4-19(21)15-27-22(29)18-9-8-16-10-12-28(20-5-3-6-20)13-11-17(16)14-18/h1-2,4,7-9,14,20H,3,5-6,10-13,15H2,(H,27,29). The summed E-state index contributed by atoms with van der Waals surface area (Å²) in [5, 5.41) is 2.65. The molecule has 2 aromatic carbocycles. The molecule has 0 radical (unpaired) electrons. The van der Waals surface area contributed by atoms with Crippen molar-refractivity contribution in [3.05, 3.63) is 70.3 Å². The van der Waals surface area contributed by atoms with Crippen molar-refractivity contribution in [3.8, 4) is 0 Å². The maximum atomic E-state index is 13.1. The normalized spacial score (nSPS) is 17.9. The van der Waals surface area contributed by atoms with Crippen LogP contribution >= 0.6 is 0 Å². The van der Waals surface area contributed by atoms with Crippen LogP contribution in [0.2, 0.25) is 0 Å². The highest BCUT2D eigenvalue weighted by atomic mass is 19.4. The van der Waals surface area contributed by atoms with Gasteiger partial charge in [-0.15, -0.1) is 0 Å². The van der Waals surface area contributed by atoms with Gasteiger partial charge in [0.05, 0.1) is 5.56 Å². The largest absolute Gasteiger partial charge is 0.416 e. The molecule has 2 aromatic rings. The van der Waals surface area contributed by atoms with Gasteiger partial charge in [-0.3, -0.25) is 9.69 Å². The van der Waals surface area contributed by atoms with Gasteiger partial charge in [0, 0.05) is 31.2 Å². The monoisotopic (exact) mass is 402 g/mol. The minimum Gasteiger partial charge on any atom is -0.348 e. The topological polar surface area (TPSA) is 32.3 Å². The molecule has 0 atom stereocenters. The number of carbonyl (C=O) groups excluding carboxylic acids is 1. The van der Waals surface area contributed by atoms with E-state index in [2.05, 4.69) is 10.2 Å². The van der Waals surface area contributed by atoms with E-state index in [1.807, 2.05) is 12.1 Å². The number of hydrogen-bond donors (Lipinski definition) is 1. The number of rotatable bonds is 4. The molecule has 0 aromatic heterocycles. The van der Waals surface area contributed by atoms with E-state index in [0.29, 0.717) is 11.6 Å². The van der Waals surface area contributed by atoms with Gasteiger partial charge in [0.1, 0.15) is 0 Å². The van der Waals surface area contributed by atoms with Crippen molar-refractivity contribution in [3.63, 3.8) is 0 Å². The average Bonchev–Trinajstić information content (AvgIpc) is 2.86. The van der Waals surface area contributed by atoms with Gasteiger partial charge in [0.15, 0.2) is 0 Å². The Kier molecular flexibility index (Phi) is 5.63. The first-order valence-corrected chi connectivity index (χ1v) is 10.2. The molecule has 4 rings (SSSR count). The second kappa shape index (κ2) is 8.19. The Morgan fingerprint density at radius 1 is 1.03 bits per heavy atom. The van der Waals surface area contributed by atoms with Gasteiger partial charge in [-0.1, -0.05) is 30.7 Å². The Morgan fingerprint density at radius 2 is 1.76 bits per heavy atom. The molecule has 0 saturated heterocycles. The summed E-state index contributed by atoms with van der Waals surface area (Å²) in [5.74, 6) is -0.343. The van der Waals surface area contributed by atoms with Crippen LogP contribution in [-0.4, -0.2) is 29.9 Å². The first-order valence-electron chi connectivity index (χ1n) is 10.2. The van der Waals surface area contributed by atoms with Crippen molar-refractivity contribution in [2.75, 3.05) is 13.1 Å². The summed E-state index contributed by atoms with van der Waals surface area (Å²) in [6.07, 6.45) is 1.33. The molecular formula is C23H25F3N2O. The second-order valence-corrected chi connectivity index (χ2v) is 7.94. The zero-order chi connectivity index (χ0) is 20.4. The molecule has 2 aliphatic rings. The number of hydrogen-bond acceptors (Lipinski definition) is 2. The summed E-state index contributed by atoms with van der Waals surface area (Å²) in [6, 6.07) is 11.7. The summed E-state index contributed by atoms with van der Waals surface area (Å²) in [5.41, 5.74) is 2.31. The fraction of sp³-hybridized carbons (Fsp3) is 0.435. The van der Waals surface area contributed by atoms with Crippen molar-refractivity contribution < 1.29 is 18.0 Å². The highest BCUT2D eigenvalue weighted by Crippen LogP contribution is 2.32. The van der Waals surface area contributed by atoms with Crippen molar-refractivity contribution in [1.29, 1.82) is 0 Å². The Labute approximate surface area is 168 Å². The number of nitrogens with one attached hydrogen (secondary N) is 1. The summed E-state index contributed by atoms with van der Waals surface area (Å²) >= 11 is 0. The molecule has 1 aliphatic heterocycles. The highest BCUT2D eigenvalue weighted by molar-refractivity contribution is 5.94. The minimum atomic E-state index is -4.43. The summed E-state index contributed by atoms with van der Waals surface area (Å²) < 4.78 is 39.4. The van der Waals surface area contributed by atoms with Crippen molar-refractivity contribution in [1.82, 2.24) is 10.2 Å². The van der Waals surface area contributed by atoms with E-state index in [4.69, 9.17) is 0 Å². The molecule has 1 N–H and O–H groups in total. The van der Waals surface area contributed by atoms with E-state index in [1.165, 1.54) is 42.5 Å². The zero-order valence-electron chi connectivity index (χ0n) is 16.3. The third-order valence-electron chi connectivity index (χ3n) is 6.16. The minimum absolute atomic E-state index is 0.0688. The average molecular weight is 402 g/mol. The lowest BCUT2D eigenvalue weighted by Crippen LogP contribution is -2.41. The maximum Gasteiger partial charge on any atom is 0.416 e. The number of halogens is 3. The van der Waals surface area contributed by atoms with E-state index in [1.54, 1.807) is 12.1 Å². The van der Waals surface area contributed by atoms with Gasteiger partial charge in [-0.2, -0.15) is 13.2 Å². The fourth-order valence-corrected chi connectivity index (χ4v) is 4.23. The molecule has 0 spiro atoms. The molecule has 6 heteroatoms. The van der Waals surface area contributed by atoms with Crippen molar-refractivity contribution in [2.24, 2.45) is 0 Å². The molecule has 0 unspecified atom stereocenters. The second-order valence-electron chi connectivity index (χ2n) is 7.94.